The normalized spacial score (nSPS) is 19.5. The summed E-state index contributed by atoms with van der Waals surface area (Å²) >= 11 is 0. The number of rotatable bonds is 9. The van der Waals surface area contributed by atoms with Gasteiger partial charge in [-0.25, -0.2) is 0 Å². The van der Waals surface area contributed by atoms with Crippen LogP contribution in [0.1, 0.15) is 6.92 Å². The second-order valence-corrected chi connectivity index (χ2v) is 10.1. The highest BCUT2D eigenvalue weighted by Gasteiger charge is 2.22. The number of piperazine rings is 1. The second-order valence-electron chi connectivity index (χ2n) is 6.81. The first kappa shape index (κ1) is 26.8. The molecule has 30 heavy (non-hydrogen) atoms. The standard InChI is InChI=1S/C8H14N2O4S.C8H18N2O4S/c1-8(15(12,13)14)10-4-2-9(3-5-10)6-7-11;11-7-5-9-1-3-10(4-2-9)6-8-15(12,13)14/h2-5,8,11H,6-7H2,1H3,(H,12,13,14);11H,1-8H2,(H,12,13,14). The smallest absolute Gasteiger partial charge is 0.286 e. The molecule has 4 N–H and O–H groups in total. The molecule has 2 aliphatic heterocycles. The summed E-state index contributed by atoms with van der Waals surface area (Å²) < 4.78 is 60.1. The van der Waals surface area contributed by atoms with Crippen molar-refractivity contribution in [2.75, 3.05) is 64.8 Å². The van der Waals surface area contributed by atoms with Gasteiger partial charge in [-0.15, -0.1) is 0 Å². The maximum Gasteiger partial charge on any atom is 0.286 e. The van der Waals surface area contributed by atoms with E-state index in [0.29, 0.717) is 19.6 Å². The molecule has 1 saturated heterocycles. The van der Waals surface area contributed by atoms with Crippen LogP contribution >= 0.6 is 0 Å². The van der Waals surface area contributed by atoms with Gasteiger partial charge < -0.3 is 20.0 Å². The Hall–Kier alpha value is -1.26. The summed E-state index contributed by atoms with van der Waals surface area (Å²) in [6.45, 7) is 6.31. The fourth-order valence-corrected chi connectivity index (χ4v) is 3.64. The van der Waals surface area contributed by atoms with E-state index in [2.05, 4.69) is 4.90 Å². The van der Waals surface area contributed by atoms with E-state index in [1.807, 2.05) is 4.90 Å². The lowest BCUT2D eigenvalue weighted by atomic mass is 10.3. The molecular formula is C16H32N4O8S2. The van der Waals surface area contributed by atoms with Crippen LogP contribution < -0.4 is 0 Å². The van der Waals surface area contributed by atoms with Gasteiger partial charge in [-0.1, -0.05) is 0 Å². The van der Waals surface area contributed by atoms with E-state index in [0.717, 1.165) is 26.2 Å². The minimum atomic E-state index is -4.08. The predicted octanol–water partition coefficient (Wildman–Crippen LogP) is -1.74. The fraction of sp³-hybridized carbons (Fsp3) is 0.750. The minimum absolute atomic E-state index is 0.0164. The van der Waals surface area contributed by atoms with Crippen molar-refractivity contribution in [2.24, 2.45) is 0 Å². The third-order valence-corrected chi connectivity index (χ3v) is 6.42. The Bertz CT molecular complexity index is 750. The van der Waals surface area contributed by atoms with Gasteiger partial charge in [0.25, 0.3) is 20.2 Å². The third kappa shape index (κ3) is 10.7. The van der Waals surface area contributed by atoms with Crippen molar-refractivity contribution >= 4 is 20.2 Å². The molecule has 1 fully saturated rings. The summed E-state index contributed by atoms with van der Waals surface area (Å²) in [7, 11) is -7.92. The molecule has 0 aromatic heterocycles. The molecule has 0 aromatic rings. The molecule has 14 heteroatoms. The SMILES string of the molecule is CC(N1C=CN(CCO)C=C1)S(=O)(=O)O.O=S(=O)(O)CCN1CCN(CCO)CC1. The van der Waals surface area contributed by atoms with Crippen LogP contribution in [0.4, 0.5) is 0 Å². The summed E-state index contributed by atoms with van der Waals surface area (Å²) in [5, 5.41) is 16.4. The number of hydrogen-bond donors (Lipinski definition) is 4. The van der Waals surface area contributed by atoms with E-state index in [9.17, 15) is 16.8 Å². The summed E-state index contributed by atoms with van der Waals surface area (Å²) in [6, 6.07) is 0. The molecule has 2 heterocycles. The highest BCUT2D eigenvalue weighted by molar-refractivity contribution is 7.86. The monoisotopic (exact) mass is 472 g/mol. The number of aliphatic hydroxyl groups is 2. The second kappa shape index (κ2) is 12.6. The molecule has 0 saturated carbocycles. The van der Waals surface area contributed by atoms with Crippen LogP contribution in [0, 0.1) is 0 Å². The highest BCUT2D eigenvalue weighted by Crippen LogP contribution is 2.12. The van der Waals surface area contributed by atoms with Gasteiger partial charge in [0.15, 0.2) is 5.37 Å². The van der Waals surface area contributed by atoms with E-state index in [-0.39, 0.29) is 19.0 Å². The van der Waals surface area contributed by atoms with Gasteiger partial charge in [-0.05, 0) is 6.92 Å². The van der Waals surface area contributed by atoms with E-state index in [4.69, 9.17) is 19.3 Å². The molecular weight excluding hydrogens is 440 g/mol. The van der Waals surface area contributed by atoms with Crippen molar-refractivity contribution in [3.8, 4) is 0 Å². The first-order valence-corrected chi connectivity index (χ1v) is 12.5. The Labute approximate surface area is 178 Å². The molecule has 0 spiro atoms. The maximum atomic E-state index is 10.8. The lowest BCUT2D eigenvalue weighted by Gasteiger charge is -2.33. The first-order valence-electron chi connectivity index (χ1n) is 9.44. The molecule has 2 aliphatic rings. The Morgan fingerprint density at radius 3 is 1.67 bits per heavy atom. The van der Waals surface area contributed by atoms with Crippen LogP contribution in [-0.4, -0.2) is 126 Å². The maximum absolute atomic E-state index is 10.8. The van der Waals surface area contributed by atoms with E-state index < -0.39 is 25.6 Å². The van der Waals surface area contributed by atoms with Gasteiger partial charge in [0.2, 0.25) is 0 Å². The average Bonchev–Trinajstić information content (AvgIpc) is 2.67. The molecule has 0 aliphatic carbocycles. The van der Waals surface area contributed by atoms with Crippen LogP contribution in [0.3, 0.4) is 0 Å². The average molecular weight is 473 g/mol. The van der Waals surface area contributed by atoms with Crippen LogP contribution in [0.15, 0.2) is 24.8 Å². The van der Waals surface area contributed by atoms with Crippen molar-refractivity contribution in [1.82, 2.24) is 19.6 Å². The fourth-order valence-electron chi connectivity index (χ4n) is 2.71. The zero-order valence-corrected chi connectivity index (χ0v) is 18.6. The van der Waals surface area contributed by atoms with Crippen LogP contribution in [-0.2, 0) is 20.2 Å². The largest absolute Gasteiger partial charge is 0.395 e. The Balaban J connectivity index is 0.000000300. The van der Waals surface area contributed by atoms with Crippen molar-refractivity contribution in [2.45, 2.75) is 12.3 Å². The zero-order valence-electron chi connectivity index (χ0n) is 17.0. The number of hydrogen-bond acceptors (Lipinski definition) is 10. The molecule has 1 atom stereocenters. The molecule has 0 radical (unpaired) electrons. The van der Waals surface area contributed by atoms with Crippen molar-refractivity contribution in [3.05, 3.63) is 24.8 Å². The molecule has 2 rings (SSSR count). The molecule has 176 valence electrons. The quantitative estimate of drug-likeness (QED) is 0.281. The first-order chi connectivity index (χ1) is 14.0. The van der Waals surface area contributed by atoms with Crippen molar-refractivity contribution in [1.29, 1.82) is 0 Å². The minimum Gasteiger partial charge on any atom is -0.395 e. The summed E-state index contributed by atoms with van der Waals surface area (Å²) in [5.74, 6) is -0.201. The van der Waals surface area contributed by atoms with Crippen molar-refractivity contribution < 1.29 is 36.2 Å². The molecule has 0 aromatic carbocycles. The molecule has 0 bridgehead atoms. The lowest BCUT2D eigenvalue weighted by Crippen LogP contribution is -2.48. The zero-order chi connectivity index (χ0) is 22.8. The van der Waals surface area contributed by atoms with Crippen LogP contribution in [0.2, 0.25) is 0 Å². The lowest BCUT2D eigenvalue weighted by molar-refractivity contribution is 0.116. The van der Waals surface area contributed by atoms with Gasteiger partial charge in [0, 0.05) is 70.6 Å². The van der Waals surface area contributed by atoms with Gasteiger partial charge in [0.05, 0.1) is 19.0 Å². The van der Waals surface area contributed by atoms with Gasteiger partial charge >= 0.3 is 0 Å². The summed E-state index contributed by atoms with van der Waals surface area (Å²) in [5.41, 5.74) is 0. The van der Waals surface area contributed by atoms with E-state index >= 15 is 0 Å². The summed E-state index contributed by atoms with van der Waals surface area (Å²) in [4.78, 5) is 7.20. The predicted molar refractivity (Wildman–Crippen MR) is 111 cm³/mol. The van der Waals surface area contributed by atoms with Crippen LogP contribution in [0.5, 0.6) is 0 Å². The van der Waals surface area contributed by atoms with E-state index in [1.54, 1.807) is 17.3 Å². The van der Waals surface area contributed by atoms with Gasteiger partial charge in [0.1, 0.15) is 0 Å². The van der Waals surface area contributed by atoms with Gasteiger partial charge in [-0.3, -0.25) is 18.9 Å². The number of β-amino-alcohol motifs (C(OH)–C–C–N with tert-alkyl or cyclic N) is 2. The summed E-state index contributed by atoms with van der Waals surface area (Å²) in [6.07, 6.45) is 6.29. The third-order valence-electron chi connectivity index (χ3n) is 4.62. The Morgan fingerprint density at radius 1 is 0.800 bits per heavy atom. The topological polar surface area (TPSA) is 162 Å². The Morgan fingerprint density at radius 2 is 1.27 bits per heavy atom. The van der Waals surface area contributed by atoms with Gasteiger partial charge in [-0.2, -0.15) is 16.8 Å². The molecule has 12 nitrogen and oxygen atoms in total. The Kier molecular flexibility index (Phi) is 11.2. The highest BCUT2D eigenvalue weighted by atomic mass is 32.2. The number of nitrogens with zero attached hydrogens (tertiary/aromatic N) is 4. The van der Waals surface area contributed by atoms with E-state index in [1.165, 1.54) is 24.2 Å². The molecule has 1 unspecified atom stereocenters. The number of aliphatic hydroxyl groups excluding tert-OH is 2. The van der Waals surface area contributed by atoms with Crippen LogP contribution in [0.25, 0.3) is 0 Å². The molecule has 0 amide bonds. The van der Waals surface area contributed by atoms with Crippen molar-refractivity contribution in [3.63, 3.8) is 0 Å².